The maximum atomic E-state index is 12.6. The number of amides is 1. The number of carbonyl (C=O) groups excluding carboxylic acids is 1. The van der Waals surface area contributed by atoms with Crippen LogP contribution in [0.5, 0.6) is 0 Å². The lowest BCUT2D eigenvalue weighted by Crippen LogP contribution is -2.37. The van der Waals surface area contributed by atoms with Crippen LogP contribution in [0.1, 0.15) is 31.4 Å². The van der Waals surface area contributed by atoms with Crippen molar-refractivity contribution in [1.82, 2.24) is 4.90 Å². The molecule has 1 heterocycles. The van der Waals surface area contributed by atoms with E-state index < -0.39 is 23.4 Å². The number of hydrogen-bond donors (Lipinski definition) is 2. The highest BCUT2D eigenvalue weighted by Crippen LogP contribution is 2.51. The summed E-state index contributed by atoms with van der Waals surface area (Å²) in [4.78, 5) is 26.0. The fourth-order valence-corrected chi connectivity index (χ4v) is 3.78. The molecule has 21 heavy (non-hydrogen) atoms. The minimum absolute atomic E-state index is 0.148. The predicted molar refractivity (Wildman–Crippen MR) is 75.4 cm³/mol. The van der Waals surface area contributed by atoms with E-state index in [1.54, 1.807) is 4.90 Å². The summed E-state index contributed by atoms with van der Waals surface area (Å²) in [6.45, 7) is 2.10. The van der Waals surface area contributed by atoms with Gasteiger partial charge in [-0.25, -0.2) is 0 Å². The third kappa shape index (κ3) is 2.03. The average molecular weight is 289 g/mol. The predicted octanol–water partition coefficient (Wildman–Crippen LogP) is 1.43. The standard InChI is InChI=1S/C16H19NO4/c1-10(11-5-3-2-4-6-11)17-9-16(15(20)21)8-12(18)7-13(16)14(17)19/h2-6,10,12-13,18H,7-9H2,1H3,(H,20,21)/t10-,12?,13-,16-/m1/s1. The van der Waals surface area contributed by atoms with Gasteiger partial charge in [0.25, 0.3) is 0 Å². The summed E-state index contributed by atoms with van der Waals surface area (Å²) in [5.74, 6) is -1.72. The smallest absolute Gasteiger partial charge is 0.312 e. The van der Waals surface area contributed by atoms with Gasteiger partial charge in [-0.3, -0.25) is 9.59 Å². The largest absolute Gasteiger partial charge is 0.481 e. The Balaban J connectivity index is 1.91. The molecule has 3 rings (SSSR count). The number of carbonyl (C=O) groups is 2. The fraction of sp³-hybridized carbons (Fsp3) is 0.500. The van der Waals surface area contributed by atoms with Gasteiger partial charge in [-0.1, -0.05) is 30.3 Å². The van der Waals surface area contributed by atoms with Gasteiger partial charge in [0, 0.05) is 6.54 Å². The van der Waals surface area contributed by atoms with Gasteiger partial charge >= 0.3 is 5.97 Å². The zero-order valence-electron chi connectivity index (χ0n) is 11.9. The molecule has 2 aliphatic rings. The summed E-state index contributed by atoms with van der Waals surface area (Å²) in [5, 5.41) is 19.4. The molecular formula is C16H19NO4. The van der Waals surface area contributed by atoms with Gasteiger partial charge in [0.05, 0.1) is 23.5 Å². The molecule has 1 aliphatic heterocycles. The monoisotopic (exact) mass is 289 g/mol. The van der Waals surface area contributed by atoms with E-state index in [0.29, 0.717) is 0 Å². The lowest BCUT2D eigenvalue weighted by atomic mass is 9.80. The van der Waals surface area contributed by atoms with Crippen molar-refractivity contribution in [2.45, 2.75) is 31.9 Å². The van der Waals surface area contributed by atoms with Crippen LogP contribution in [-0.4, -0.2) is 39.6 Å². The Morgan fingerprint density at radius 1 is 1.38 bits per heavy atom. The molecule has 1 saturated carbocycles. The molecule has 5 heteroatoms. The summed E-state index contributed by atoms with van der Waals surface area (Å²) in [5.41, 5.74) is -0.133. The van der Waals surface area contributed by atoms with E-state index in [2.05, 4.69) is 0 Å². The first-order valence-electron chi connectivity index (χ1n) is 7.22. The summed E-state index contributed by atoms with van der Waals surface area (Å²) >= 11 is 0. The number of carboxylic acids is 1. The maximum Gasteiger partial charge on any atom is 0.312 e. The van der Waals surface area contributed by atoms with Crippen LogP contribution in [0.3, 0.4) is 0 Å². The Bertz CT molecular complexity index is 573. The first-order valence-corrected chi connectivity index (χ1v) is 7.22. The summed E-state index contributed by atoms with van der Waals surface area (Å²) in [6, 6.07) is 9.44. The zero-order valence-corrected chi connectivity index (χ0v) is 11.9. The van der Waals surface area contributed by atoms with Crippen LogP contribution in [0.4, 0.5) is 0 Å². The Morgan fingerprint density at radius 2 is 2.05 bits per heavy atom. The van der Waals surface area contributed by atoms with Crippen molar-refractivity contribution in [3.05, 3.63) is 35.9 Å². The van der Waals surface area contributed by atoms with Crippen molar-refractivity contribution in [2.24, 2.45) is 11.3 Å². The number of aliphatic hydroxyl groups is 1. The van der Waals surface area contributed by atoms with E-state index in [-0.39, 0.29) is 31.3 Å². The van der Waals surface area contributed by atoms with Gasteiger partial charge in [0.1, 0.15) is 0 Å². The second-order valence-electron chi connectivity index (χ2n) is 6.16. The lowest BCUT2D eigenvalue weighted by Gasteiger charge is -2.28. The molecule has 0 radical (unpaired) electrons. The maximum absolute atomic E-state index is 12.6. The molecule has 5 nitrogen and oxygen atoms in total. The van der Waals surface area contributed by atoms with Gasteiger partial charge in [-0.15, -0.1) is 0 Å². The zero-order chi connectivity index (χ0) is 15.2. The van der Waals surface area contributed by atoms with E-state index in [0.717, 1.165) is 5.56 Å². The van der Waals surface area contributed by atoms with Crippen LogP contribution in [0.15, 0.2) is 30.3 Å². The number of nitrogens with zero attached hydrogens (tertiary/aromatic N) is 1. The Morgan fingerprint density at radius 3 is 2.62 bits per heavy atom. The molecular weight excluding hydrogens is 270 g/mol. The minimum atomic E-state index is -1.13. The van der Waals surface area contributed by atoms with Crippen LogP contribution in [0.2, 0.25) is 0 Å². The molecule has 4 atom stereocenters. The van der Waals surface area contributed by atoms with Crippen molar-refractivity contribution in [2.75, 3.05) is 6.54 Å². The average Bonchev–Trinajstić information content (AvgIpc) is 2.94. The van der Waals surface area contributed by atoms with E-state index in [1.807, 2.05) is 37.3 Å². The molecule has 0 bridgehead atoms. The van der Waals surface area contributed by atoms with Crippen molar-refractivity contribution in [1.29, 1.82) is 0 Å². The number of likely N-dealkylation sites (tertiary alicyclic amines) is 1. The Labute approximate surface area is 123 Å². The Hall–Kier alpha value is -1.88. The number of aliphatic hydroxyl groups excluding tert-OH is 1. The van der Waals surface area contributed by atoms with Gasteiger partial charge in [0.15, 0.2) is 0 Å². The third-order valence-electron chi connectivity index (χ3n) is 4.98. The van der Waals surface area contributed by atoms with Crippen LogP contribution in [0.25, 0.3) is 0 Å². The molecule has 0 aromatic heterocycles. The van der Waals surface area contributed by atoms with E-state index >= 15 is 0 Å². The number of hydrogen-bond acceptors (Lipinski definition) is 3. The normalized spacial score (nSPS) is 33.0. The third-order valence-corrected chi connectivity index (χ3v) is 4.98. The highest BCUT2D eigenvalue weighted by atomic mass is 16.4. The molecule has 2 fully saturated rings. The van der Waals surface area contributed by atoms with Gasteiger partial charge < -0.3 is 15.1 Å². The number of aliphatic carboxylic acids is 1. The van der Waals surface area contributed by atoms with Crippen molar-refractivity contribution in [3.8, 4) is 0 Å². The summed E-state index contributed by atoms with van der Waals surface area (Å²) in [7, 11) is 0. The minimum Gasteiger partial charge on any atom is -0.481 e. The molecule has 1 amide bonds. The summed E-state index contributed by atoms with van der Waals surface area (Å²) in [6.07, 6.45) is -0.274. The number of fused-ring (bicyclic) bond motifs is 1. The molecule has 2 N–H and O–H groups in total. The lowest BCUT2D eigenvalue weighted by molar-refractivity contribution is -0.150. The highest BCUT2D eigenvalue weighted by Gasteiger charge is 2.62. The van der Waals surface area contributed by atoms with Crippen molar-refractivity contribution >= 4 is 11.9 Å². The first-order chi connectivity index (χ1) is 9.95. The molecule has 0 spiro atoms. The second kappa shape index (κ2) is 4.84. The van der Waals surface area contributed by atoms with Gasteiger partial charge in [-0.05, 0) is 25.3 Å². The van der Waals surface area contributed by atoms with Crippen LogP contribution >= 0.6 is 0 Å². The molecule has 112 valence electrons. The molecule has 1 aliphatic carbocycles. The summed E-state index contributed by atoms with van der Waals surface area (Å²) < 4.78 is 0. The topological polar surface area (TPSA) is 77.8 Å². The number of benzene rings is 1. The van der Waals surface area contributed by atoms with Crippen LogP contribution in [0, 0.1) is 11.3 Å². The van der Waals surface area contributed by atoms with Crippen LogP contribution < -0.4 is 0 Å². The van der Waals surface area contributed by atoms with Gasteiger partial charge in [0.2, 0.25) is 5.91 Å². The number of rotatable bonds is 3. The van der Waals surface area contributed by atoms with Gasteiger partial charge in [-0.2, -0.15) is 0 Å². The number of carboxylic acid groups (broad SMARTS) is 1. The van der Waals surface area contributed by atoms with E-state index in [1.165, 1.54) is 0 Å². The highest BCUT2D eigenvalue weighted by molar-refractivity contribution is 5.92. The molecule has 1 unspecified atom stereocenters. The van der Waals surface area contributed by atoms with Crippen molar-refractivity contribution < 1.29 is 19.8 Å². The quantitative estimate of drug-likeness (QED) is 0.882. The first kappa shape index (κ1) is 14.1. The molecule has 1 aromatic carbocycles. The van der Waals surface area contributed by atoms with E-state index in [9.17, 15) is 19.8 Å². The SMILES string of the molecule is C[C@H](c1ccccc1)N1C[C@]2(C(=O)O)CC(O)C[C@@H]2C1=O. The molecule has 1 aromatic rings. The Kier molecular flexibility index (Phi) is 3.24. The molecule has 1 saturated heterocycles. The fourth-order valence-electron chi connectivity index (χ4n) is 3.78. The van der Waals surface area contributed by atoms with E-state index in [4.69, 9.17) is 0 Å². The van der Waals surface area contributed by atoms with Crippen molar-refractivity contribution in [3.63, 3.8) is 0 Å². The van der Waals surface area contributed by atoms with Crippen LogP contribution in [-0.2, 0) is 9.59 Å². The second-order valence-corrected chi connectivity index (χ2v) is 6.16.